The van der Waals surface area contributed by atoms with Crippen LogP contribution in [0.2, 0.25) is 0 Å². The van der Waals surface area contributed by atoms with Gasteiger partial charge in [-0.25, -0.2) is 0 Å². The third-order valence-electron chi connectivity index (χ3n) is 13.9. The lowest BCUT2D eigenvalue weighted by molar-refractivity contribution is -0.161. The SMILES string of the molecule is CC/C=C\C/C=C\C/C=C\C/C=C\C/C=C\C/C=C\CCCCCCCCCCC(=O)OC(CO)COC(=O)CCCCCCCCCCCCCCCCCCCCCCC/C=C\C/C=C\CCCCCCC. The van der Waals surface area contributed by atoms with Crippen LogP contribution in [-0.4, -0.2) is 36.4 Å². The molecule has 1 unspecified atom stereocenters. The summed E-state index contributed by atoms with van der Waals surface area (Å²) in [4.78, 5) is 24.6. The van der Waals surface area contributed by atoms with E-state index < -0.39 is 6.10 Å². The first-order valence-corrected chi connectivity index (χ1v) is 31.8. The highest BCUT2D eigenvalue weighted by Crippen LogP contribution is 2.17. The molecule has 0 spiro atoms. The molecule has 1 atom stereocenters. The van der Waals surface area contributed by atoms with E-state index in [0.29, 0.717) is 12.8 Å². The number of esters is 2. The lowest BCUT2D eigenvalue weighted by atomic mass is 10.0. The normalized spacial score (nSPS) is 12.9. The van der Waals surface area contributed by atoms with Crippen molar-refractivity contribution in [3.8, 4) is 0 Å². The lowest BCUT2D eigenvalue weighted by Crippen LogP contribution is -2.28. The number of unbranched alkanes of at least 4 members (excludes halogenated alkanes) is 34. The van der Waals surface area contributed by atoms with Gasteiger partial charge in [-0.1, -0.05) is 297 Å². The Morgan fingerprint density at radius 2 is 0.581 bits per heavy atom. The van der Waals surface area contributed by atoms with Crippen LogP contribution in [0, 0.1) is 0 Å². The topological polar surface area (TPSA) is 72.8 Å². The summed E-state index contributed by atoms with van der Waals surface area (Å²) in [6.07, 6.45) is 91.2. The Morgan fingerprint density at radius 1 is 0.324 bits per heavy atom. The minimum Gasteiger partial charge on any atom is -0.462 e. The van der Waals surface area contributed by atoms with Gasteiger partial charge in [0.05, 0.1) is 6.61 Å². The summed E-state index contributed by atoms with van der Waals surface area (Å²) < 4.78 is 10.7. The second-order valence-electron chi connectivity index (χ2n) is 21.1. The van der Waals surface area contributed by atoms with E-state index in [9.17, 15) is 14.7 Å². The Labute approximate surface area is 459 Å². The maximum absolute atomic E-state index is 12.3. The Morgan fingerprint density at radius 3 is 0.878 bits per heavy atom. The van der Waals surface area contributed by atoms with Crippen LogP contribution in [0.4, 0.5) is 0 Å². The maximum atomic E-state index is 12.3. The van der Waals surface area contributed by atoms with Gasteiger partial charge in [-0.05, 0) is 96.3 Å². The fourth-order valence-electron chi connectivity index (χ4n) is 9.12. The maximum Gasteiger partial charge on any atom is 0.306 e. The van der Waals surface area contributed by atoms with Crippen molar-refractivity contribution in [2.75, 3.05) is 13.2 Å². The van der Waals surface area contributed by atoms with Gasteiger partial charge in [0.2, 0.25) is 0 Å². The van der Waals surface area contributed by atoms with Gasteiger partial charge in [-0.2, -0.15) is 0 Å². The molecule has 0 aliphatic carbocycles. The van der Waals surface area contributed by atoms with Crippen LogP contribution < -0.4 is 0 Å². The van der Waals surface area contributed by atoms with E-state index >= 15 is 0 Å². The number of aliphatic hydroxyl groups is 1. The molecule has 0 saturated heterocycles. The predicted molar refractivity (Wildman–Crippen MR) is 325 cm³/mol. The highest BCUT2D eigenvalue weighted by Gasteiger charge is 2.16. The van der Waals surface area contributed by atoms with Crippen LogP contribution in [0.1, 0.15) is 309 Å². The van der Waals surface area contributed by atoms with Crippen LogP contribution in [0.5, 0.6) is 0 Å². The van der Waals surface area contributed by atoms with Crippen LogP contribution in [0.15, 0.2) is 97.2 Å². The van der Waals surface area contributed by atoms with Crippen molar-refractivity contribution < 1.29 is 24.2 Å². The number of ether oxygens (including phenoxy) is 2. The molecule has 0 fully saturated rings. The molecule has 0 aliphatic heterocycles. The second kappa shape index (κ2) is 64.1. The van der Waals surface area contributed by atoms with Crippen LogP contribution in [0.25, 0.3) is 0 Å². The fraction of sp³-hybridized carbons (Fsp3) is 0.739. The van der Waals surface area contributed by atoms with Crippen LogP contribution in [-0.2, 0) is 19.1 Å². The van der Waals surface area contributed by atoms with Gasteiger partial charge in [-0.3, -0.25) is 9.59 Å². The Hall–Kier alpha value is -3.18. The molecule has 0 aromatic heterocycles. The monoisotopic (exact) mass is 1030 g/mol. The molecule has 0 heterocycles. The smallest absolute Gasteiger partial charge is 0.306 e. The van der Waals surface area contributed by atoms with Crippen molar-refractivity contribution in [3.05, 3.63) is 97.2 Å². The molecule has 5 heteroatoms. The highest BCUT2D eigenvalue weighted by atomic mass is 16.6. The molecule has 1 N–H and O–H groups in total. The van der Waals surface area contributed by atoms with E-state index in [-0.39, 0.29) is 25.2 Å². The van der Waals surface area contributed by atoms with Crippen molar-refractivity contribution in [1.82, 2.24) is 0 Å². The summed E-state index contributed by atoms with van der Waals surface area (Å²) >= 11 is 0. The molecular weight excluding hydrogens is 909 g/mol. The molecule has 0 bridgehead atoms. The van der Waals surface area contributed by atoms with E-state index in [2.05, 4.69) is 111 Å². The Kier molecular flexibility index (Phi) is 61.4. The number of carbonyl (C=O) groups is 2. The van der Waals surface area contributed by atoms with E-state index in [1.165, 1.54) is 193 Å². The van der Waals surface area contributed by atoms with Gasteiger partial charge >= 0.3 is 11.9 Å². The second-order valence-corrected chi connectivity index (χ2v) is 21.1. The molecule has 0 saturated carbocycles. The van der Waals surface area contributed by atoms with Gasteiger partial charge in [-0.15, -0.1) is 0 Å². The predicted octanol–water partition coefficient (Wildman–Crippen LogP) is 21.9. The molecule has 0 rings (SSSR count). The van der Waals surface area contributed by atoms with Crippen LogP contribution in [0.3, 0.4) is 0 Å². The number of hydrogen-bond acceptors (Lipinski definition) is 5. The molecule has 426 valence electrons. The first kappa shape index (κ1) is 70.8. The van der Waals surface area contributed by atoms with Crippen molar-refractivity contribution in [2.45, 2.75) is 315 Å². The highest BCUT2D eigenvalue weighted by molar-refractivity contribution is 5.70. The van der Waals surface area contributed by atoms with Gasteiger partial charge in [0, 0.05) is 12.8 Å². The molecule has 0 radical (unpaired) electrons. The Balaban J connectivity index is 3.48. The van der Waals surface area contributed by atoms with E-state index in [1.54, 1.807) is 0 Å². The van der Waals surface area contributed by atoms with E-state index in [4.69, 9.17) is 9.47 Å². The molecule has 0 aliphatic rings. The van der Waals surface area contributed by atoms with E-state index in [1.807, 2.05) is 0 Å². The summed E-state index contributed by atoms with van der Waals surface area (Å²) in [6, 6.07) is 0. The third kappa shape index (κ3) is 61.4. The van der Waals surface area contributed by atoms with Crippen LogP contribution >= 0.6 is 0 Å². The number of hydrogen-bond donors (Lipinski definition) is 1. The summed E-state index contributed by atoms with van der Waals surface area (Å²) in [5.74, 6) is -0.593. The molecule has 0 amide bonds. The van der Waals surface area contributed by atoms with Gasteiger partial charge in [0.25, 0.3) is 0 Å². The average Bonchev–Trinajstić information content (AvgIpc) is 3.40. The van der Waals surface area contributed by atoms with Crippen molar-refractivity contribution in [2.24, 2.45) is 0 Å². The van der Waals surface area contributed by atoms with Gasteiger partial charge in [0.15, 0.2) is 6.10 Å². The minimum absolute atomic E-state index is 0.0710. The largest absolute Gasteiger partial charge is 0.462 e. The van der Waals surface area contributed by atoms with Crippen molar-refractivity contribution in [3.63, 3.8) is 0 Å². The molecule has 0 aromatic rings. The van der Waals surface area contributed by atoms with Crippen molar-refractivity contribution >= 4 is 11.9 Å². The van der Waals surface area contributed by atoms with Gasteiger partial charge in [0.1, 0.15) is 6.61 Å². The zero-order valence-corrected chi connectivity index (χ0v) is 48.8. The molecule has 0 aromatic carbocycles. The molecular formula is C69H120O5. The van der Waals surface area contributed by atoms with Crippen molar-refractivity contribution in [1.29, 1.82) is 0 Å². The lowest BCUT2D eigenvalue weighted by Gasteiger charge is -2.15. The summed E-state index contributed by atoms with van der Waals surface area (Å²) in [7, 11) is 0. The number of aliphatic hydroxyl groups excluding tert-OH is 1. The van der Waals surface area contributed by atoms with E-state index in [0.717, 1.165) is 89.9 Å². The summed E-state index contributed by atoms with van der Waals surface area (Å²) in [5, 5.41) is 9.68. The molecule has 74 heavy (non-hydrogen) atoms. The quantitative estimate of drug-likeness (QED) is 0.0373. The third-order valence-corrected chi connectivity index (χ3v) is 13.9. The minimum atomic E-state index is -0.782. The first-order chi connectivity index (χ1) is 36.6. The number of allylic oxidation sites excluding steroid dienone is 16. The van der Waals surface area contributed by atoms with Gasteiger partial charge < -0.3 is 14.6 Å². The average molecular weight is 1030 g/mol. The first-order valence-electron chi connectivity index (χ1n) is 31.8. The Bertz CT molecular complexity index is 1400. The standard InChI is InChI=1S/C69H120O5/c1-3-5-7-9-11-13-15-17-19-21-23-25-27-29-31-32-33-34-35-36-38-39-41-43-45-47-49-51-53-55-57-59-61-63-68(71)73-66-67(65-70)74-69(72)64-62-60-58-56-54-52-50-48-46-44-42-40-37-30-28-26-24-22-20-18-16-14-12-10-8-6-4-2/h6,8,12,14-15,17-18,20-21,23-24,26,30,37,42,44,67,70H,3-5,7,9-11,13,16,19,22,25,27-29,31-36,38-41,43,45-66H2,1-2H3/b8-6-,14-12-,17-15-,20-18-,23-21-,26-24-,37-30-,44-42-. The molecule has 5 nitrogen and oxygen atoms in total. The number of rotatable bonds is 58. The number of carbonyl (C=O) groups excluding carboxylic acids is 2. The summed E-state index contributed by atoms with van der Waals surface area (Å²) in [6.45, 7) is 4.04. The zero-order chi connectivity index (χ0) is 53.4. The zero-order valence-electron chi connectivity index (χ0n) is 48.8. The fourth-order valence-corrected chi connectivity index (χ4v) is 9.12. The summed E-state index contributed by atoms with van der Waals surface area (Å²) in [5.41, 5.74) is 0.